The number of aliphatic hydroxyl groups is 2. The summed E-state index contributed by atoms with van der Waals surface area (Å²) in [4.78, 5) is 4.47. The van der Waals surface area contributed by atoms with E-state index in [9.17, 15) is 10.2 Å². The first-order chi connectivity index (χ1) is 8.65. The first kappa shape index (κ1) is 12.9. The number of hydrogen-bond acceptors (Lipinski definition) is 4. The molecule has 0 spiro atoms. The number of aromatic nitrogens is 2. The van der Waals surface area contributed by atoms with Crippen molar-refractivity contribution in [2.24, 2.45) is 7.05 Å². The third kappa shape index (κ3) is 2.07. The van der Waals surface area contributed by atoms with Crippen molar-refractivity contribution in [2.75, 3.05) is 18.5 Å². The number of imidazole rings is 1. The van der Waals surface area contributed by atoms with Gasteiger partial charge in [0.15, 0.2) is 0 Å². The molecule has 0 aliphatic carbocycles. The summed E-state index contributed by atoms with van der Waals surface area (Å²) in [7, 11) is 1.91. The van der Waals surface area contributed by atoms with E-state index in [1.165, 1.54) is 0 Å². The molecule has 0 amide bonds. The maximum atomic E-state index is 9.44. The summed E-state index contributed by atoms with van der Waals surface area (Å²) in [6.07, 6.45) is 0.614. The highest BCUT2D eigenvalue weighted by Crippen LogP contribution is 2.22. The van der Waals surface area contributed by atoms with Crippen molar-refractivity contribution >= 4 is 17.0 Å². The second-order valence-corrected chi connectivity index (χ2v) is 4.56. The summed E-state index contributed by atoms with van der Waals surface area (Å²) in [5, 5.41) is 22.0. The molecule has 18 heavy (non-hydrogen) atoms. The van der Waals surface area contributed by atoms with Gasteiger partial charge in [-0.2, -0.15) is 0 Å². The Morgan fingerprint density at radius 2 is 1.94 bits per heavy atom. The van der Waals surface area contributed by atoms with Gasteiger partial charge in [-0.3, -0.25) is 0 Å². The standard InChI is InChI=1S/C13H19N3O2/c1-3-13(8-17,9-18)15-12-14-10-6-4-5-7-11(10)16(12)2/h4-7,17-18H,3,8-9H2,1-2H3,(H,14,15). The Morgan fingerprint density at radius 1 is 1.28 bits per heavy atom. The lowest BCUT2D eigenvalue weighted by Gasteiger charge is -2.30. The number of fused-ring (bicyclic) bond motifs is 1. The molecule has 0 unspecified atom stereocenters. The first-order valence-corrected chi connectivity index (χ1v) is 6.07. The van der Waals surface area contributed by atoms with Gasteiger partial charge < -0.3 is 20.1 Å². The van der Waals surface area contributed by atoms with Crippen LogP contribution >= 0.6 is 0 Å². The van der Waals surface area contributed by atoms with Crippen molar-refractivity contribution in [1.82, 2.24) is 9.55 Å². The number of anilines is 1. The van der Waals surface area contributed by atoms with Crippen LogP contribution in [0.4, 0.5) is 5.95 Å². The van der Waals surface area contributed by atoms with Crippen molar-refractivity contribution in [3.8, 4) is 0 Å². The fourth-order valence-corrected chi connectivity index (χ4v) is 1.94. The number of rotatable bonds is 5. The lowest BCUT2D eigenvalue weighted by Crippen LogP contribution is -2.45. The monoisotopic (exact) mass is 249 g/mol. The molecule has 3 N–H and O–H groups in total. The van der Waals surface area contributed by atoms with Gasteiger partial charge in [-0.05, 0) is 18.6 Å². The Balaban J connectivity index is 2.39. The van der Waals surface area contributed by atoms with Crippen LogP contribution in [-0.2, 0) is 7.05 Å². The molecule has 0 atom stereocenters. The average molecular weight is 249 g/mol. The Morgan fingerprint density at radius 3 is 2.50 bits per heavy atom. The van der Waals surface area contributed by atoms with Crippen LogP contribution < -0.4 is 5.32 Å². The lowest BCUT2D eigenvalue weighted by molar-refractivity contribution is 0.132. The van der Waals surface area contributed by atoms with Crippen molar-refractivity contribution in [2.45, 2.75) is 18.9 Å². The number of aliphatic hydroxyl groups excluding tert-OH is 2. The van der Waals surface area contributed by atoms with Crippen LogP contribution in [-0.4, -0.2) is 38.5 Å². The number of hydrogen-bond donors (Lipinski definition) is 3. The van der Waals surface area contributed by atoms with Crippen LogP contribution in [0.5, 0.6) is 0 Å². The summed E-state index contributed by atoms with van der Waals surface area (Å²) in [6, 6.07) is 7.81. The highest BCUT2D eigenvalue weighted by molar-refractivity contribution is 5.78. The Hall–Kier alpha value is -1.59. The molecular weight excluding hydrogens is 230 g/mol. The summed E-state index contributed by atoms with van der Waals surface area (Å²) >= 11 is 0. The molecular formula is C13H19N3O2. The fourth-order valence-electron chi connectivity index (χ4n) is 1.94. The number of aryl methyl sites for hydroxylation is 1. The summed E-state index contributed by atoms with van der Waals surface area (Å²) < 4.78 is 1.92. The predicted octanol–water partition coefficient (Wildman–Crippen LogP) is 1.12. The third-order valence-corrected chi connectivity index (χ3v) is 3.45. The minimum atomic E-state index is -0.727. The maximum absolute atomic E-state index is 9.44. The van der Waals surface area contributed by atoms with Crippen LogP contribution in [0, 0.1) is 0 Å². The zero-order valence-electron chi connectivity index (χ0n) is 10.7. The van der Waals surface area contributed by atoms with Gasteiger partial charge in [0, 0.05) is 7.05 Å². The van der Waals surface area contributed by atoms with Gasteiger partial charge in [-0.25, -0.2) is 4.98 Å². The Bertz CT molecular complexity index is 524. The van der Waals surface area contributed by atoms with E-state index < -0.39 is 5.54 Å². The van der Waals surface area contributed by atoms with Gasteiger partial charge >= 0.3 is 0 Å². The summed E-state index contributed by atoms with van der Waals surface area (Å²) in [5.41, 5.74) is 1.18. The summed E-state index contributed by atoms with van der Waals surface area (Å²) in [6.45, 7) is 1.65. The number of para-hydroxylation sites is 2. The molecule has 5 nitrogen and oxygen atoms in total. The maximum Gasteiger partial charge on any atom is 0.204 e. The van der Waals surface area contributed by atoms with E-state index in [0.717, 1.165) is 11.0 Å². The normalized spacial score (nSPS) is 12.0. The van der Waals surface area contributed by atoms with Crippen molar-refractivity contribution in [3.63, 3.8) is 0 Å². The van der Waals surface area contributed by atoms with Crippen LogP contribution in [0.2, 0.25) is 0 Å². The van der Waals surface area contributed by atoms with Gasteiger partial charge in [-0.15, -0.1) is 0 Å². The second kappa shape index (κ2) is 4.96. The van der Waals surface area contributed by atoms with Gasteiger partial charge in [0.25, 0.3) is 0 Å². The number of benzene rings is 1. The van der Waals surface area contributed by atoms with Gasteiger partial charge in [-0.1, -0.05) is 19.1 Å². The quantitative estimate of drug-likeness (QED) is 0.742. The van der Waals surface area contributed by atoms with Crippen molar-refractivity contribution in [1.29, 1.82) is 0 Å². The van der Waals surface area contributed by atoms with E-state index in [0.29, 0.717) is 12.4 Å². The van der Waals surface area contributed by atoms with E-state index in [-0.39, 0.29) is 13.2 Å². The third-order valence-electron chi connectivity index (χ3n) is 3.45. The Labute approximate surface area is 106 Å². The van der Waals surface area contributed by atoms with Crippen LogP contribution in [0.25, 0.3) is 11.0 Å². The van der Waals surface area contributed by atoms with E-state index in [2.05, 4.69) is 10.3 Å². The average Bonchev–Trinajstić information content (AvgIpc) is 2.73. The largest absolute Gasteiger partial charge is 0.394 e. The van der Waals surface area contributed by atoms with E-state index >= 15 is 0 Å². The molecule has 0 radical (unpaired) electrons. The molecule has 1 aromatic carbocycles. The zero-order chi connectivity index (χ0) is 13.2. The highest BCUT2D eigenvalue weighted by Gasteiger charge is 2.28. The molecule has 2 rings (SSSR count). The molecule has 1 aromatic heterocycles. The minimum absolute atomic E-state index is 0.136. The summed E-state index contributed by atoms with van der Waals surface area (Å²) in [5.74, 6) is 0.654. The van der Waals surface area contributed by atoms with E-state index in [1.54, 1.807) is 0 Å². The van der Waals surface area contributed by atoms with Gasteiger partial charge in [0.05, 0.1) is 29.8 Å². The van der Waals surface area contributed by atoms with E-state index in [4.69, 9.17) is 0 Å². The first-order valence-electron chi connectivity index (χ1n) is 6.07. The molecule has 5 heteroatoms. The number of nitrogens with one attached hydrogen (secondary N) is 1. The molecule has 0 saturated carbocycles. The van der Waals surface area contributed by atoms with Crippen LogP contribution in [0.3, 0.4) is 0 Å². The highest BCUT2D eigenvalue weighted by atomic mass is 16.3. The van der Waals surface area contributed by atoms with Gasteiger partial charge in [0.1, 0.15) is 0 Å². The minimum Gasteiger partial charge on any atom is -0.394 e. The molecule has 0 aliphatic rings. The molecule has 0 fully saturated rings. The van der Waals surface area contributed by atoms with Crippen LogP contribution in [0.15, 0.2) is 24.3 Å². The zero-order valence-corrected chi connectivity index (χ0v) is 10.7. The predicted molar refractivity (Wildman–Crippen MR) is 71.5 cm³/mol. The van der Waals surface area contributed by atoms with Crippen LogP contribution in [0.1, 0.15) is 13.3 Å². The molecule has 1 heterocycles. The molecule has 0 aliphatic heterocycles. The fraction of sp³-hybridized carbons (Fsp3) is 0.462. The SMILES string of the molecule is CCC(CO)(CO)Nc1nc2ccccc2n1C. The molecule has 0 saturated heterocycles. The van der Waals surface area contributed by atoms with Crippen molar-refractivity contribution in [3.05, 3.63) is 24.3 Å². The smallest absolute Gasteiger partial charge is 0.204 e. The molecule has 2 aromatic rings. The van der Waals surface area contributed by atoms with Crippen molar-refractivity contribution < 1.29 is 10.2 Å². The molecule has 98 valence electrons. The molecule has 0 bridgehead atoms. The lowest BCUT2D eigenvalue weighted by atomic mass is 9.99. The second-order valence-electron chi connectivity index (χ2n) is 4.56. The Kier molecular flexibility index (Phi) is 3.54. The van der Waals surface area contributed by atoms with E-state index in [1.807, 2.05) is 42.8 Å². The van der Waals surface area contributed by atoms with Gasteiger partial charge in [0.2, 0.25) is 5.95 Å². The topological polar surface area (TPSA) is 70.3 Å². The number of nitrogens with zero attached hydrogens (tertiary/aromatic N) is 2.